The van der Waals surface area contributed by atoms with Gasteiger partial charge in [0, 0.05) is 10.7 Å². The minimum Gasteiger partial charge on any atom is -0.459 e. The van der Waals surface area contributed by atoms with E-state index >= 15 is 0 Å². The van der Waals surface area contributed by atoms with Crippen molar-refractivity contribution in [3.63, 3.8) is 0 Å². The number of carbonyl (C=O) groups excluding carboxylic acids is 2. The van der Waals surface area contributed by atoms with E-state index in [1.54, 1.807) is 0 Å². The highest BCUT2D eigenvalue weighted by atomic mass is 127. The Morgan fingerprint density at radius 2 is 1.18 bits per heavy atom. The molecule has 204 valence electrons. The zero-order valence-corrected chi connectivity index (χ0v) is 28.7. The van der Waals surface area contributed by atoms with Crippen LogP contribution in [0.25, 0.3) is 0 Å². The van der Waals surface area contributed by atoms with Gasteiger partial charge in [-0.3, -0.25) is 4.79 Å². The number of carbonyl (C=O) groups is 2. The second kappa shape index (κ2) is 14.0. The Bertz CT molecular complexity index is 1430. The number of hydrogen-bond acceptors (Lipinski definition) is 4. The second-order valence-corrected chi connectivity index (χ2v) is 14.9. The molecule has 0 saturated heterocycles. The zero-order valence-electron chi connectivity index (χ0n) is 21.4. The van der Waals surface area contributed by atoms with Crippen molar-refractivity contribution in [2.24, 2.45) is 5.92 Å². The molecule has 5 rings (SSSR count). The fourth-order valence-electron chi connectivity index (χ4n) is 4.71. The fraction of sp³-hybridized carbons (Fsp3) is 0.188. The third kappa shape index (κ3) is 7.22. The van der Waals surface area contributed by atoms with Crippen LogP contribution >= 0.6 is 67.8 Å². The average molecular weight is 887 g/mol. The summed E-state index contributed by atoms with van der Waals surface area (Å²) < 4.78 is 14.5. The lowest BCUT2D eigenvalue weighted by Gasteiger charge is -2.27. The van der Waals surface area contributed by atoms with Crippen LogP contribution in [0.4, 0.5) is 0 Å². The van der Waals surface area contributed by atoms with Gasteiger partial charge in [-0.05, 0) is 154 Å². The first-order chi connectivity index (χ1) is 19.4. The van der Waals surface area contributed by atoms with Crippen LogP contribution in [0.1, 0.15) is 36.0 Å². The van der Waals surface area contributed by atoms with E-state index in [0.29, 0.717) is 37.0 Å². The van der Waals surface area contributed by atoms with Crippen molar-refractivity contribution in [2.45, 2.75) is 46.5 Å². The summed E-state index contributed by atoms with van der Waals surface area (Å²) in [6.45, 7) is 0. The van der Waals surface area contributed by atoms with Crippen LogP contribution in [0.5, 0.6) is 5.75 Å². The normalized spacial score (nSPS) is 16.9. The third-order valence-electron chi connectivity index (χ3n) is 6.77. The highest BCUT2D eigenvalue weighted by Crippen LogP contribution is 2.33. The fourth-order valence-corrected chi connectivity index (χ4v) is 9.11. The minimum atomic E-state index is -0.288. The molecule has 0 spiro atoms. The van der Waals surface area contributed by atoms with Crippen molar-refractivity contribution in [3.05, 3.63) is 113 Å². The summed E-state index contributed by atoms with van der Waals surface area (Å²) in [6, 6.07) is 32.7. The average Bonchev–Trinajstić information content (AvgIpc) is 2.98. The molecule has 4 nitrogen and oxygen atoms in total. The summed E-state index contributed by atoms with van der Waals surface area (Å²) in [7, 11) is -0.251. The van der Waals surface area contributed by atoms with Crippen LogP contribution in [0.15, 0.2) is 112 Å². The number of esters is 2. The van der Waals surface area contributed by atoms with Crippen LogP contribution in [-0.2, 0) is 20.4 Å². The Labute approximate surface area is 278 Å². The van der Waals surface area contributed by atoms with Gasteiger partial charge in [0.2, 0.25) is 0 Å². The van der Waals surface area contributed by atoms with Gasteiger partial charge in [0.25, 0.3) is 0 Å². The largest absolute Gasteiger partial charge is 0.459 e. The summed E-state index contributed by atoms with van der Waals surface area (Å²) in [5.41, 5.74) is 0.625. The Hall–Kier alpha value is -1.64. The number of rotatable bonds is 7. The maximum Gasteiger partial charge on any atom is 0.340 e. The number of benzene rings is 4. The van der Waals surface area contributed by atoms with E-state index in [1.807, 2.05) is 36.4 Å². The van der Waals surface area contributed by atoms with Crippen LogP contribution in [0.2, 0.25) is 0 Å². The van der Waals surface area contributed by atoms with E-state index < -0.39 is 0 Å². The lowest BCUT2D eigenvalue weighted by molar-refractivity contribution is -0.140. The van der Waals surface area contributed by atoms with Crippen molar-refractivity contribution < 1.29 is 19.1 Å². The molecule has 0 aromatic heterocycles. The molecule has 0 aliphatic heterocycles. The van der Waals surface area contributed by atoms with Gasteiger partial charge in [0.05, 0.1) is 22.4 Å². The molecule has 1 aliphatic rings. The van der Waals surface area contributed by atoms with Crippen molar-refractivity contribution in [2.75, 3.05) is 0 Å². The molecule has 0 atom stereocenters. The molecular weight excluding hydrogens is 861 g/mol. The summed E-state index contributed by atoms with van der Waals surface area (Å²) in [6.07, 6.45) is 2.40. The molecule has 1 saturated carbocycles. The number of halogens is 3. The molecule has 0 N–H and O–H groups in total. The van der Waals surface area contributed by atoms with E-state index in [1.165, 1.54) is 9.79 Å². The van der Waals surface area contributed by atoms with Crippen LogP contribution in [-0.4, -0.2) is 18.0 Å². The maximum absolute atomic E-state index is 13.0. The molecule has 8 heteroatoms. The minimum absolute atomic E-state index is 0.186. The van der Waals surface area contributed by atoms with Gasteiger partial charge in [-0.2, -0.15) is 0 Å². The van der Waals surface area contributed by atoms with Crippen LogP contribution in [0.3, 0.4) is 0 Å². The zero-order chi connectivity index (χ0) is 28.1. The lowest BCUT2D eigenvalue weighted by atomic mass is 9.87. The molecule has 0 radical (unpaired) electrons. The molecule has 0 unspecified atom stereocenters. The summed E-state index contributed by atoms with van der Waals surface area (Å²) in [4.78, 5) is 29.5. The summed E-state index contributed by atoms with van der Waals surface area (Å²) >= 11 is 6.61. The van der Waals surface area contributed by atoms with E-state index in [4.69, 9.17) is 9.47 Å². The standard InChI is InChI=1S/C32H26I3O4S/c33-27-19-20-28(34)30(35)29(27)32(37)39-22-13-11-21(12-14-22)31(36)38-23-15-17-26(18-16-23)40(24-7-3-1-4-8-24)25-9-5-2-6-10-25/h1-10,15-22H,11-14H2/q+1. The molecule has 0 bridgehead atoms. The van der Waals surface area contributed by atoms with Gasteiger partial charge in [0.1, 0.15) is 11.9 Å². The number of ether oxygens (including phenoxy) is 2. The first kappa shape index (κ1) is 29.8. The van der Waals surface area contributed by atoms with Crippen LogP contribution < -0.4 is 4.74 Å². The van der Waals surface area contributed by atoms with E-state index in [9.17, 15) is 9.59 Å². The quantitative estimate of drug-likeness (QED) is 0.0612. The molecule has 0 amide bonds. The molecule has 4 aromatic carbocycles. The van der Waals surface area contributed by atoms with Gasteiger partial charge in [0.15, 0.2) is 14.7 Å². The van der Waals surface area contributed by atoms with Gasteiger partial charge in [-0.15, -0.1) is 0 Å². The molecule has 1 aliphatic carbocycles. The van der Waals surface area contributed by atoms with Crippen LogP contribution in [0, 0.1) is 16.6 Å². The van der Waals surface area contributed by atoms with E-state index in [-0.39, 0.29) is 34.9 Å². The highest BCUT2D eigenvalue weighted by molar-refractivity contribution is 14.1. The molecule has 0 heterocycles. The summed E-state index contributed by atoms with van der Waals surface area (Å²) in [5.74, 6) is -0.154. The number of hydrogen-bond donors (Lipinski definition) is 0. The Kier molecular flexibility index (Phi) is 10.5. The Balaban J connectivity index is 1.19. The second-order valence-electron chi connectivity index (χ2n) is 9.42. The van der Waals surface area contributed by atoms with Crippen molar-refractivity contribution >= 4 is 90.6 Å². The predicted octanol–water partition coefficient (Wildman–Crippen LogP) is 8.92. The SMILES string of the molecule is O=C(OC1CCC(C(=O)Oc2ccc([S+](c3ccccc3)c3ccccc3)cc2)CC1)c1c(I)ccc(I)c1I. The Morgan fingerprint density at radius 1 is 0.650 bits per heavy atom. The van der Waals surface area contributed by atoms with E-state index in [2.05, 4.69) is 128 Å². The maximum atomic E-state index is 13.0. The van der Waals surface area contributed by atoms with Crippen molar-refractivity contribution in [1.29, 1.82) is 0 Å². The monoisotopic (exact) mass is 887 g/mol. The smallest absolute Gasteiger partial charge is 0.340 e. The van der Waals surface area contributed by atoms with Crippen molar-refractivity contribution in [3.8, 4) is 5.75 Å². The topological polar surface area (TPSA) is 52.6 Å². The molecule has 1 fully saturated rings. The highest BCUT2D eigenvalue weighted by Gasteiger charge is 2.32. The Morgan fingerprint density at radius 3 is 1.75 bits per heavy atom. The molecule has 4 aromatic rings. The molecular formula is C32H26I3O4S+. The lowest BCUT2D eigenvalue weighted by Crippen LogP contribution is -2.30. The van der Waals surface area contributed by atoms with Crippen molar-refractivity contribution in [1.82, 2.24) is 0 Å². The van der Waals surface area contributed by atoms with Gasteiger partial charge in [-0.1, -0.05) is 36.4 Å². The summed E-state index contributed by atoms with van der Waals surface area (Å²) in [5, 5.41) is 0. The van der Waals surface area contributed by atoms with Gasteiger partial charge < -0.3 is 9.47 Å². The first-order valence-electron chi connectivity index (χ1n) is 12.9. The van der Waals surface area contributed by atoms with Gasteiger partial charge >= 0.3 is 11.9 Å². The third-order valence-corrected chi connectivity index (χ3v) is 12.9. The van der Waals surface area contributed by atoms with Gasteiger partial charge in [-0.25, -0.2) is 4.79 Å². The molecule has 40 heavy (non-hydrogen) atoms. The first-order valence-corrected chi connectivity index (χ1v) is 17.4. The van der Waals surface area contributed by atoms with E-state index in [0.717, 1.165) is 15.6 Å². The predicted molar refractivity (Wildman–Crippen MR) is 183 cm³/mol.